The summed E-state index contributed by atoms with van der Waals surface area (Å²) in [5, 5.41) is 12.3. The number of benzene rings is 3. The molecule has 0 saturated heterocycles. The van der Waals surface area contributed by atoms with Crippen molar-refractivity contribution in [1.29, 1.82) is 0 Å². The van der Waals surface area contributed by atoms with Crippen molar-refractivity contribution in [2.75, 3.05) is 0 Å². The molecule has 0 aliphatic carbocycles. The molecule has 0 N–H and O–H groups in total. The Kier molecular flexibility index (Phi) is 7.53. The van der Waals surface area contributed by atoms with Gasteiger partial charge < -0.3 is 0 Å². The predicted molar refractivity (Wildman–Crippen MR) is 109 cm³/mol. The fraction of sp³-hybridized carbons (Fsp3) is 0.280. The first kappa shape index (κ1) is 25.5. The zero-order valence-electron chi connectivity index (χ0n) is 17.9. The van der Waals surface area contributed by atoms with Gasteiger partial charge >= 0.3 is 6.18 Å². The Morgan fingerprint density at radius 1 is 0.735 bits per heavy atom. The van der Waals surface area contributed by atoms with Gasteiger partial charge in [0.15, 0.2) is 5.75 Å². The smallest absolute Gasteiger partial charge is 0.289 e. The maximum Gasteiger partial charge on any atom is 0.422 e. The molecule has 0 unspecified atom stereocenters. The Bertz CT molecular complexity index is 1180. The molecule has 0 heterocycles. The molecule has 0 aliphatic rings. The van der Waals surface area contributed by atoms with E-state index in [9.17, 15) is 35.8 Å². The van der Waals surface area contributed by atoms with E-state index in [-0.39, 0.29) is 11.1 Å². The first-order valence-electron chi connectivity index (χ1n) is 10.5. The van der Waals surface area contributed by atoms with E-state index in [1.54, 1.807) is 0 Å². The average molecular weight is 487 g/mol. The van der Waals surface area contributed by atoms with E-state index < -0.39 is 70.5 Å². The Balaban J connectivity index is 1.94. The van der Waals surface area contributed by atoms with Crippen LogP contribution < -0.4 is 0 Å². The second kappa shape index (κ2) is 10.0. The van der Waals surface area contributed by atoms with Gasteiger partial charge in [0, 0.05) is 17.2 Å². The standard InChI is InChI=1S/C25H19F8O/c1-2-3-4-13-5-7-15(17(26)9-13)22-21(34)12-18(27)16(24(22)30)8-6-14-10-19(28)23(20(29)11-14)25(31,32)33/h5,7,9-12H,2-4,6,8H2,1H3. The molecular weight excluding hydrogens is 468 g/mol. The zero-order chi connectivity index (χ0) is 25.2. The normalized spacial score (nSPS) is 11.8. The summed E-state index contributed by atoms with van der Waals surface area (Å²) in [7, 11) is 0. The lowest BCUT2D eigenvalue weighted by atomic mass is 9.95. The Hall–Kier alpha value is -3.10. The second-order valence-electron chi connectivity index (χ2n) is 7.87. The molecular formula is C25H19F8O. The van der Waals surface area contributed by atoms with Crippen molar-refractivity contribution in [1.82, 2.24) is 0 Å². The fourth-order valence-electron chi connectivity index (χ4n) is 3.73. The number of unbranched alkanes of at least 4 members (excludes halogenated alkanes) is 1. The van der Waals surface area contributed by atoms with E-state index in [1.165, 1.54) is 18.2 Å². The first-order chi connectivity index (χ1) is 15.9. The van der Waals surface area contributed by atoms with Gasteiger partial charge in [0.25, 0.3) is 0 Å². The lowest BCUT2D eigenvalue weighted by Gasteiger charge is -2.14. The topological polar surface area (TPSA) is 19.9 Å². The summed E-state index contributed by atoms with van der Waals surface area (Å²) >= 11 is 0. The van der Waals surface area contributed by atoms with Gasteiger partial charge in [-0.05, 0) is 55.0 Å². The number of hydrogen-bond acceptors (Lipinski definition) is 0. The van der Waals surface area contributed by atoms with Crippen LogP contribution in [0.3, 0.4) is 0 Å². The van der Waals surface area contributed by atoms with Crippen molar-refractivity contribution >= 4 is 0 Å². The number of aryl methyl sites for hydroxylation is 2. The van der Waals surface area contributed by atoms with E-state index in [4.69, 9.17) is 0 Å². The first-order valence-corrected chi connectivity index (χ1v) is 10.5. The van der Waals surface area contributed by atoms with Crippen LogP contribution in [0.15, 0.2) is 36.4 Å². The number of rotatable bonds is 7. The number of alkyl halides is 3. The summed E-state index contributed by atoms with van der Waals surface area (Å²) in [6, 6.07) is 5.26. The molecule has 3 aromatic carbocycles. The van der Waals surface area contributed by atoms with Crippen LogP contribution >= 0.6 is 0 Å². The highest BCUT2D eigenvalue weighted by molar-refractivity contribution is 5.72. The molecule has 3 rings (SSSR count). The van der Waals surface area contributed by atoms with Crippen molar-refractivity contribution in [2.24, 2.45) is 0 Å². The molecule has 1 radical (unpaired) electrons. The Labute approximate surface area is 190 Å². The van der Waals surface area contributed by atoms with Crippen LogP contribution in [-0.4, -0.2) is 0 Å². The minimum Gasteiger partial charge on any atom is -0.289 e. The fourth-order valence-corrected chi connectivity index (χ4v) is 3.73. The van der Waals surface area contributed by atoms with Crippen molar-refractivity contribution in [3.8, 4) is 16.9 Å². The summed E-state index contributed by atoms with van der Waals surface area (Å²) in [6.07, 6.45) is -3.97. The molecule has 0 saturated carbocycles. The van der Waals surface area contributed by atoms with E-state index in [0.717, 1.165) is 12.8 Å². The molecule has 0 fully saturated rings. The van der Waals surface area contributed by atoms with Crippen LogP contribution in [0.4, 0.5) is 35.1 Å². The van der Waals surface area contributed by atoms with Gasteiger partial charge in [0.05, 0.1) is 5.56 Å². The zero-order valence-corrected chi connectivity index (χ0v) is 17.9. The average Bonchev–Trinajstić information content (AvgIpc) is 2.71. The van der Waals surface area contributed by atoms with Crippen molar-refractivity contribution in [3.05, 3.63) is 87.7 Å². The van der Waals surface area contributed by atoms with Crippen LogP contribution in [0.2, 0.25) is 0 Å². The van der Waals surface area contributed by atoms with Crippen molar-refractivity contribution in [3.63, 3.8) is 0 Å². The van der Waals surface area contributed by atoms with E-state index >= 15 is 4.39 Å². The molecule has 0 spiro atoms. The molecule has 1 nitrogen and oxygen atoms in total. The van der Waals surface area contributed by atoms with Gasteiger partial charge in [-0.1, -0.05) is 25.5 Å². The van der Waals surface area contributed by atoms with Gasteiger partial charge in [-0.3, -0.25) is 5.11 Å². The van der Waals surface area contributed by atoms with Crippen LogP contribution in [-0.2, 0) is 30.5 Å². The minimum absolute atomic E-state index is 0.277. The maximum atomic E-state index is 15.1. The third kappa shape index (κ3) is 5.34. The van der Waals surface area contributed by atoms with Crippen molar-refractivity contribution < 1.29 is 40.2 Å². The Morgan fingerprint density at radius 2 is 1.35 bits per heavy atom. The van der Waals surface area contributed by atoms with Gasteiger partial charge in [0.2, 0.25) is 0 Å². The molecule has 34 heavy (non-hydrogen) atoms. The molecule has 0 atom stereocenters. The maximum absolute atomic E-state index is 15.1. The highest BCUT2D eigenvalue weighted by Gasteiger charge is 2.37. The van der Waals surface area contributed by atoms with Crippen LogP contribution in [0.5, 0.6) is 5.75 Å². The second-order valence-corrected chi connectivity index (χ2v) is 7.87. The van der Waals surface area contributed by atoms with Gasteiger partial charge in [0.1, 0.15) is 34.6 Å². The van der Waals surface area contributed by atoms with Gasteiger partial charge in [-0.25, -0.2) is 22.0 Å². The summed E-state index contributed by atoms with van der Waals surface area (Å²) < 4.78 is 110. The highest BCUT2D eigenvalue weighted by atomic mass is 19.4. The largest absolute Gasteiger partial charge is 0.422 e. The highest BCUT2D eigenvalue weighted by Crippen LogP contribution is 2.38. The monoisotopic (exact) mass is 487 g/mol. The molecule has 9 heteroatoms. The third-order valence-corrected chi connectivity index (χ3v) is 5.45. The SMILES string of the molecule is CCCCc1ccc(-c2c([O])cc(F)c(CCc3cc(F)c(C(F)(F)F)c(F)c3)c2F)c(F)c1. The Morgan fingerprint density at radius 3 is 1.91 bits per heavy atom. The molecule has 0 amide bonds. The summed E-state index contributed by atoms with van der Waals surface area (Å²) in [6.45, 7) is 1.96. The van der Waals surface area contributed by atoms with Gasteiger partial charge in [-0.2, -0.15) is 13.2 Å². The molecule has 3 aromatic rings. The van der Waals surface area contributed by atoms with Crippen molar-refractivity contribution in [2.45, 2.75) is 45.2 Å². The van der Waals surface area contributed by atoms with Crippen LogP contribution in [0, 0.1) is 29.1 Å². The van der Waals surface area contributed by atoms with Crippen LogP contribution in [0.25, 0.3) is 11.1 Å². The van der Waals surface area contributed by atoms with E-state index in [1.807, 2.05) is 6.92 Å². The minimum atomic E-state index is -5.25. The summed E-state index contributed by atoms with van der Waals surface area (Å²) in [4.78, 5) is 0. The summed E-state index contributed by atoms with van der Waals surface area (Å²) in [5.74, 6) is -8.26. The predicted octanol–water partition coefficient (Wildman–Crippen LogP) is 8.34. The lowest BCUT2D eigenvalue weighted by Crippen LogP contribution is -2.12. The third-order valence-electron chi connectivity index (χ3n) is 5.45. The number of hydrogen-bond donors (Lipinski definition) is 0. The quantitative estimate of drug-likeness (QED) is 0.299. The lowest BCUT2D eigenvalue weighted by molar-refractivity contribution is -0.142. The van der Waals surface area contributed by atoms with E-state index in [0.29, 0.717) is 30.2 Å². The molecule has 181 valence electrons. The molecule has 0 aromatic heterocycles. The summed E-state index contributed by atoms with van der Waals surface area (Å²) in [5.41, 5.74) is -3.41. The molecule has 0 bridgehead atoms. The number of halogens is 8. The van der Waals surface area contributed by atoms with E-state index in [2.05, 4.69) is 0 Å². The van der Waals surface area contributed by atoms with Crippen LogP contribution in [0.1, 0.15) is 42.0 Å². The van der Waals surface area contributed by atoms with Gasteiger partial charge in [-0.15, -0.1) is 0 Å². The molecule has 0 aliphatic heterocycles.